The zero-order valence-electron chi connectivity index (χ0n) is 5.84. The third-order valence-corrected chi connectivity index (χ3v) is 2.50. The molecule has 0 aromatic carbocycles. The Labute approximate surface area is 78.2 Å². The predicted molar refractivity (Wildman–Crippen MR) is 53.8 cm³/mol. The highest BCUT2D eigenvalue weighted by Gasteiger charge is 2.00. The Bertz CT molecular complexity index is 367. The van der Waals surface area contributed by atoms with Gasteiger partial charge in [0.15, 0.2) is 0 Å². The minimum atomic E-state index is 0.985. The second kappa shape index (κ2) is 2.81. The van der Waals surface area contributed by atoms with Crippen molar-refractivity contribution in [2.45, 2.75) is 4.43 Å². The van der Waals surface area contributed by atoms with Gasteiger partial charge in [-0.25, -0.2) is 4.98 Å². The van der Waals surface area contributed by atoms with Gasteiger partial charge in [0, 0.05) is 22.2 Å². The number of halogens is 1. The highest BCUT2D eigenvalue weighted by atomic mass is 127. The van der Waals surface area contributed by atoms with Gasteiger partial charge >= 0.3 is 0 Å². The van der Waals surface area contributed by atoms with Crippen LogP contribution in [0.1, 0.15) is 5.56 Å². The molecule has 0 amide bonds. The third-order valence-electron chi connectivity index (χ3n) is 1.68. The lowest BCUT2D eigenvalue weighted by Crippen LogP contribution is -1.74. The van der Waals surface area contributed by atoms with Crippen LogP contribution in [0.3, 0.4) is 0 Å². The van der Waals surface area contributed by atoms with Crippen molar-refractivity contribution in [1.29, 1.82) is 0 Å². The smallest absolute Gasteiger partial charge is 0.137 e. The third kappa shape index (κ3) is 1.13. The predicted octanol–water partition coefficient (Wildman–Crippen LogP) is 2.50. The number of hydrogen-bond acceptors (Lipinski definition) is 1. The average molecular weight is 258 g/mol. The van der Waals surface area contributed by atoms with Gasteiger partial charge in [-0.1, -0.05) is 22.6 Å². The van der Waals surface area contributed by atoms with Crippen LogP contribution < -0.4 is 0 Å². The molecule has 2 aromatic heterocycles. The molecule has 11 heavy (non-hydrogen) atoms. The standard InChI is InChI=1S/C8H7IN2/c9-4-6-5-11-8-7(6)2-1-3-10-8/h1-3,5H,4H2,(H,10,11). The summed E-state index contributed by atoms with van der Waals surface area (Å²) in [5.41, 5.74) is 2.31. The molecule has 0 atom stereocenters. The van der Waals surface area contributed by atoms with Gasteiger partial charge in [0.1, 0.15) is 5.65 Å². The van der Waals surface area contributed by atoms with Gasteiger partial charge in [-0.2, -0.15) is 0 Å². The summed E-state index contributed by atoms with van der Waals surface area (Å²) in [5, 5.41) is 1.24. The van der Waals surface area contributed by atoms with E-state index in [4.69, 9.17) is 0 Å². The minimum absolute atomic E-state index is 0.985. The lowest BCUT2D eigenvalue weighted by Gasteiger charge is -1.89. The molecular weight excluding hydrogens is 251 g/mol. The van der Waals surface area contributed by atoms with Crippen molar-refractivity contribution >= 4 is 33.6 Å². The number of nitrogens with zero attached hydrogens (tertiary/aromatic N) is 1. The van der Waals surface area contributed by atoms with E-state index >= 15 is 0 Å². The molecule has 0 bridgehead atoms. The molecule has 2 heterocycles. The zero-order chi connectivity index (χ0) is 7.68. The summed E-state index contributed by atoms with van der Waals surface area (Å²) in [5.74, 6) is 0. The van der Waals surface area contributed by atoms with Gasteiger partial charge in [-0.05, 0) is 17.7 Å². The Hall–Kier alpha value is -0.580. The van der Waals surface area contributed by atoms with Crippen LogP contribution in [0.2, 0.25) is 0 Å². The molecule has 2 rings (SSSR count). The summed E-state index contributed by atoms with van der Waals surface area (Å²) in [6, 6.07) is 4.05. The number of pyridine rings is 1. The van der Waals surface area contributed by atoms with Crippen LogP contribution in [0, 0.1) is 0 Å². The summed E-state index contributed by atoms with van der Waals surface area (Å²) >= 11 is 2.35. The summed E-state index contributed by atoms with van der Waals surface area (Å²) in [6.07, 6.45) is 3.82. The molecule has 0 aliphatic carbocycles. The number of H-pyrrole nitrogens is 1. The van der Waals surface area contributed by atoms with E-state index in [0.717, 1.165) is 10.1 Å². The highest BCUT2D eigenvalue weighted by Crippen LogP contribution is 2.17. The number of hydrogen-bond donors (Lipinski definition) is 1. The minimum Gasteiger partial charge on any atom is -0.346 e. The number of rotatable bonds is 1. The van der Waals surface area contributed by atoms with E-state index in [1.165, 1.54) is 10.9 Å². The SMILES string of the molecule is ICc1c[nH]c2ncccc12. The first-order chi connectivity index (χ1) is 5.42. The molecule has 0 aliphatic rings. The first-order valence-electron chi connectivity index (χ1n) is 3.39. The van der Waals surface area contributed by atoms with Crippen molar-refractivity contribution in [2.75, 3.05) is 0 Å². The Morgan fingerprint density at radius 2 is 2.45 bits per heavy atom. The van der Waals surface area contributed by atoms with Gasteiger partial charge in [-0.15, -0.1) is 0 Å². The van der Waals surface area contributed by atoms with Gasteiger partial charge in [0.05, 0.1) is 0 Å². The molecule has 2 aromatic rings. The monoisotopic (exact) mass is 258 g/mol. The molecule has 0 unspecified atom stereocenters. The van der Waals surface area contributed by atoms with Gasteiger partial charge < -0.3 is 4.98 Å². The second-order valence-corrected chi connectivity index (χ2v) is 3.11. The van der Waals surface area contributed by atoms with Gasteiger partial charge in [0.25, 0.3) is 0 Å². The Morgan fingerprint density at radius 1 is 1.55 bits per heavy atom. The number of nitrogens with one attached hydrogen (secondary N) is 1. The normalized spacial score (nSPS) is 10.6. The molecule has 0 saturated heterocycles. The maximum absolute atomic E-state index is 4.19. The number of aromatic amines is 1. The van der Waals surface area contributed by atoms with E-state index in [1.807, 2.05) is 12.3 Å². The van der Waals surface area contributed by atoms with Crippen LogP contribution >= 0.6 is 22.6 Å². The van der Waals surface area contributed by atoms with Crippen LogP contribution in [-0.4, -0.2) is 9.97 Å². The maximum Gasteiger partial charge on any atom is 0.137 e. The van der Waals surface area contributed by atoms with E-state index in [1.54, 1.807) is 6.20 Å². The lowest BCUT2D eigenvalue weighted by molar-refractivity contribution is 1.32. The lowest BCUT2D eigenvalue weighted by atomic mass is 10.2. The van der Waals surface area contributed by atoms with E-state index in [0.29, 0.717) is 0 Å². The fourth-order valence-electron chi connectivity index (χ4n) is 1.12. The molecule has 0 radical (unpaired) electrons. The first kappa shape index (κ1) is 7.09. The van der Waals surface area contributed by atoms with Crippen LogP contribution in [0.15, 0.2) is 24.5 Å². The molecule has 1 N–H and O–H groups in total. The zero-order valence-corrected chi connectivity index (χ0v) is 8.00. The number of fused-ring (bicyclic) bond motifs is 1. The summed E-state index contributed by atoms with van der Waals surface area (Å²) in [7, 11) is 0. The summed E-state index contributed by atoms with van der Waals surface area (Å²) < 4.78 is 1.03. The quantitative estimate of drug-likeness (QED) is 0.617. The van der Waals surface area contributed by atoms with E-state index in [-0.39, 0.29) is 0 Å². The Kier molecular flexibility index (Phi) is 1.81. The molecular formula is C8H7IN2. The fraction of sp³-hybridized carbons (Fsp3) is 0.125. The van der Waals surface area contributed by atoms with Crippen molar-refractivity contribution in [3.05, 3.63) is 30.1 Å². The molecule has 0 spiro atoms. The number of alkyl halides is 1. The van der Waals surface area contributed by atoms with Crippen LogP contribution in [-0.2, 0) is 4.43 Å². The Morgan fingerprint density at radius 3 is 3.27 bits per heavy atom. The van der Waals surface area contributed by atoms with Crippen molar-refractivity contribution in [3.63, 3.8) is 0 Å². The van der Waals surface area contributed by atoms with E-state index in [9.17, 15) is 0 Å². The molecule has 3 heteroatoms. The van der Waals surface area contributed by atoms with Gasteiger partial charge in [0.2, 0.25) is 0 Å². The van der Waals surface area contributed by atoms with Crippen molar-refractivity contribution < 1.29 is 0 Å². The maximum atomic E-state index is 4.19. The fourth-order valence-corrected chi connectivity index (χ4v) is 1.75. The summed E-state index contributed by atoms with van der Waals surface area (Å²) in [4.78, 5) is 7.31. The molecule has 0 aliphatic heterocycles. The molecule has 0 saturated carbocycles. The largest absolute Gasteiger partial charge is 0.346 e. The van der Waals surface area contributed by atoms with Gasteiger partial charge in [-0.3, -0.25) is 0 Å². The van der Waals surface area contributed by atoms with Crippen molar-refractivity contribution in [1.82, 2.24) is 9.97 Å². The molecule has 56 valence electrons. The Balaban J connectivity index is 2.76. The number of aromatic nitrogens is 2. The van der Waals surface area contributed by atoms with Crippen molar-refractivity contribution in [3.8, 4) is 0 Å². The highest BCUT2D eigenvalue weighted by molar-refractivity contribution is 14.1. The van der Waals surface area contributed by atoms with E-state index < -0.39 is 0 Å². The van der Waals surface area contributed by atoms with Crippen LogP contribution in [0.5, 0.6) is 0 Å². The topological polar surface area (TPSA) is 28.7 Å². The van der Waals surface area contributed by atoms with E-state index in [2.05, 4.69) is 38.6 Å². The second-order valence-electron chi connectivity index (χ2n) is 2.35. The van der Waals surface area contributed by atoms with Crippen LogP contribution in [0.25, 0.3) is 11.0 Å². The van der Waals surface area contributed by atoms with Crippen molar-refractivity contribution in [2.24, 2.45) is 0 Å². The molecule has 2 nitrogen and oxygen atoms in total. The first-order valence-corrected chi connectivity index (χ1v) is 4.91. The summed E-state index contributed by atoms with van der Waals surface area (Å²) in [6.45, 7) is 0. The average Bonchev–Trinajstić information content (AvgIpc) is 2.47. The molecule has 0 fully saturated rings. The van der Waals surface area contributed by atoms with Crippen LogP contribution in [0.4, 0.5) is 0 Å².